The van der Waals surface area contributed by atoms with Crippen LogP contribution in [0.4, 0.5) is 8.92 Å². The zero-order valence-electron chi connectivity index (χ0n) is 20.7. The molecule has 2 unspecified atom stereocenters. The Balaban J connectivity index is 1.67. The first kappa shape index (κ1) is 26.6. The molecule has 4 nitrogen and oxygen atoms in total. The van der Waals surface area contributed by atoms with Crippen molar-refractivity contribution >= 4 is 17.4 Å². The van der Waals surface area contributed by atoms with Gasteiger partial charge < -0.3 is 5.32 Å². The molecular weight excluding hydrogens is 448 g/mol. The topological polar surface area (TPSA) is 55.4 Å². The van der Waals surface area contributed by atoms with Crippen molar-refractivity contribution in [3.05, 3.63) is 76.9 Å². The predicted molar refractivity (Wildman–Crippen MR) is 135 cm³/mol. The molecule has 6 heteroatoms. The van der Waals surface area contributed by atoms with Crippen molar-refractivity contribution in [2.45, 2.75) is 71.5 Å². The standard InChI is InChI=1S/C29H35F2NO3/c1-4-20-11-16-26(19(3)30)27(18-20)22(5-2)7-6-8-24(17-21-9-10-21)28(33)32-25-14-12-23(13-15-25)29(34)35-31/h5-7,11-14,16,18-19,21,24-25H,4,8-10,15,17H2,1-3H3,(H,32,33)/b7-6-,22-5+/t19?,24?,25-/m1/s1. The number of alkyl halides is 1. The third kappa shape index (κ3) is 7.48. The van der Waals surface area contributed by atoms with E-state index in [1.807, 2.05) is 37.3 Å². The van der Waals surface area contributed by atoms with Crippen LogP contribution in [0.2, 0.25) is 0 Å². The molecule has 0 aromatic heterocycles. The summed E-state index contributed by atoms with van der Waals surface area (Å²) < 4.78 is 26.4. The summed E-state index contributed by atoms with van der Waals surface area (Å²) in [6, 6.07) is 5.64. The first-order valence-electron chi connectivity index (χ1n) is 12.5. The van der Waals surface area contributed by atoms with Crippen LogP contribution in [0.3, 0.4) is 0 Å². The van der Waals surface area contributed by atoms with E-state index in [1.165, 1.54) is 6.08 Å². The molecule has 188 valence electrons. The van der Waals surface area contributed by atoms with Crippen LogP contribution in [-0.4, -0.2) is 17.9 Å². The lowest BCUT2D eigenvalue weighted by atomic mass is 9.92. The highest BCUT2D eigenvalue weighted by atomic mass is 19.3. The van der Waals surface area contributed by atoms with Crippen molar-refractivity contribution in [2.75, 3.05) is 0 Å². The van der Waals surface area contributed by atoms with Crippen LogP contribution in [-0.2, 0) is 21.0 Å². The molecule has 0 heterocycles. The third-order valence-corrected chi connectivity index (χ3v) is 6.71. The van der Waals surface area contributed by atoms with E-state index in [0.29, 0.717) is 24.3 Å². The lowest BCUT2D eigenvalue weighted by Crippen LogP contribution is -2.38. The van der Waals surface area contributed by atoms with Crippen LogP contribution < -0.4 is 5.32 Å². The summed E-state index contributed by atoms with van der Waals surface area (Å²) >= 11 is 0. The van der Waals surface area contributed by atoms with Gasteiger partial charge in [-0.1, -0.05) is 68.3 Å². The highest BCUT2D eigenvalue weighted by Crippen LogP contribution is 2.37. The largest absolute Gasteiger partial charge is 0.379 e. The second kappa shape index (κ2) is 12.6. The highest BCUT2D eigenvalue weighted by Gasteiger charge is 2.29. The van der Waals surface area contributed by atoms with Crippen LogP contribution in [0.15, 0.2) is 60.2 Å². The van der Waals surface area contributed by atoms with E-state index in [2.05, 4.69) is 23.2 Å². The van der Waals surface area contributed by atoms with Gasteiger partial charge in [0.2, 0.25) is 5.91 Å². The van der Waals surface area contributed by atoms with Crippen LogP contribution >= 0.6 is 0 Å². The van der Waals surface area contributed by atoms with E-state index in [-0.39, 0.29) is 23.4 Å². The van der Waals surface area contributed by atoms with Crippen molar-refractivity contribution in [3.8, 4) is 0 Å². The quantitative estimate of drug-likeness (QED) is 0.351. The monoisotopic (exact) mass is 483 g/mol. The van der Waals surface area contributed by atoms with Crippen molar-refractivity contribution in [3.63, 3.8) is 0 Å². The Bertz CT molecular complexity index is 1030. The predicted octanol–water partition coefficient (Wildman–Crippen LogP) is 6.84. The van der Waals surface area contributed by atoms with Crippen molar-refractivity contribution < 1.29 is 23.4 Å². The fourth-order valence-corrected chi connectivity index (χ4v) is 4.41. The van der Waals surface area contributed by atoms with Crippen LogP contribution in [0.5, 0.6) is 0 Å². The van der Waals surface area contributed by atoms with E-state index in [4.69, 9.17) is 0 Å². The van der Waals surface area contributed by atoms with Gasteiger partial charge in [0, 0.05) is 10.4 Å². The molecule has 0 bridgehead atoms. The van der Waals surface area contributed by atoms with Crippen LogP contribution in [0.1, 0.15) is 75.7 Å². The van der Waals surface area contributed by atoms with Gasteiger partial charge in [0.1, 0.15) is 6.17 Å². The zero-order valence-corrected chi connectivity index (χ0v) is 20.7. The van der Waals surface area contributed by atoms with Gasteiger partial charge in [-0.25, -0.2) is 14.1 Å². The van der Waals surface area contributed by atoms with Gasteiger partial charge >= 0.3 is 5.97 Å². The summed E-state index contributed by atoms with van der Waals surface area (Å²) in [5.41, 5.74) is 3.80. The van der Waals surface area contributed by atoms with Crippen molar-refractivity contribution in [1.29, 1.82) is 0 Å². The molecule has 1 saturated carbocycles. The molecule has 2 aliphatic rings. The van der Waals surface area contributed by atoms with Gasteiger partial charge in [-0.3, -0.25) is 4.79 Å². The first-order chi connectivity index (χ1) is 16.9. The van der Waals surface area contributed by atoms with E-state index >= 15 is 0 Å². The Hall–Kier alpha value is -3.02. The van der Waals surface area contributed by atoms with Crippen LogP contribution in [0, 0.1) is 11.8 Å². The second-order valence-electron chi connectivity index (χ2n) is 9.38. The minimum absolute atomic E-state index is 0.0332. The molecule has 1 N–H and O–H groups in total. The maximum Gasteiger partial charge on any atom is 0.379 e. The fourth-order valence-electron chi connectivity index (χ4n) is 4.41. The number of aryl methyl sites for hydroxylation is 1. The average molecular weight is 484 g/mol. The molecule has 1 amide bonds. The molecule has 3 rings (SSSR count). The molecule has 1 aromatic rings. The molecule has 1 fully saturated rings. The second-order valence-corrected chi connectivity index (χ2v) is 9.38. The molecule has 0 saturated heterocycles. The molecule has 0 aliphatic heterocycles. The number of allylic oxidation sites excluding steroid dienone is 4. The van der Waals surface area contributed by atoms with Gasteiger partial charge in [-0.15, -0.1) is 0 Å². The van der Waals surface area contributed by atoms with Crippen LogP contribution in [0.25, 0.3) is 5.57 Å². The number of halogens is 2. The van der Waals surface area contributed by atoms with E-state index < -0.39 is 12.1 Å². The van der Waals surface area contributed by atoms with E-state index in [0.717, 1.165) is 42.4 Å². The number of hydrogen-bond donors (Lipinski definition) is 1. The minimum atomic E-state index is -1.07. The van der Waals surface area contributed by atoms with Gasteiger partial charge in [0.05, 0.1) is 11.6 Å². The Morgan fingerprint density at radius 2 is 2.06 bits per heavy atom. The Labute approximate surface area is 206 Å². The maximum absolute atomic E-state index is 14.3. The molecule has 35 heavy (non-hydrogen) atoms. The zero-order chi connectivity index (χ0) is 25.4. The number of carbonyl (C=O) groups is 2. The molecule has 2 aliphatic carbocycles. The first-order valence-corrected chi connectivity index (χ1v) is 12.5. The Morgan fingerprint density at radius 1 is 1.29 bits per heavy atom. The molecular formula is C29H35F2NO3. The van der Waals surface area contributed by atoms with Gasteiger partial charge in [0.15, 0.2) is 0 Å². The lowest BCUT2D eigenvalue weighted by Gasteiger charge is -2.21. The highest BCUT2D eigenvalue weighted by molar-refractivity contribution is 5.91. The normalized spacial score (nSPS) is 19.9. The summed E-state index contributed by atoms with van der Waals surface area (Å²) in [7, 11) is 0. The molecule has 0 spiro atoms. The molecule has 0 radical (unpaired) electrons. The summed E-state index contributed by atoms with van der Waals surface area (Å²) in [6.07, 6.45) is 14.6. The number of carbonyl (C=O) groups excluding carboxylic acids is 2. The van der Waals surface area contributed by atoms with Gasteiger partial charge in [-0.05, 0) is 73.8 Å². The van der Waals surface area contributed by atoms with E-state index in [1.54, 1.807) is 19.1 Å². The molecule has 1 aromatic carbocycles. The Morgan fingerprint density at radius 3 is 2.63 bits per heavy atom. The average Bonchev–Trinajstić information content (AvgIpc) is 3.69. The third-order valence-electron chi connectivity index (χ3n) is 6.71. The Kier molecular flexibility index (Phi) is 9.58. The maximum atomic E-state index is 14.3. The number of benzene rings is 1. The molecule has 3 atom stereocenters. The number of amides is 1. The number of hydrogen-bond acceptors (Lipinski definition) is 3. The number of rotatable bonds is 11. The van der Waals surface area contributed by atoms with Gasteiger partial charge in [0.25, 0.3) is 0 Å². The number of nitrogens with one attached hydrogen (secondary N) is 1. The SMILES string of the molecule is C/C=C(\C=C/CC(CC1CC1)C(=O)N[C@@H]1C=CC(C(=O)OF)=CC1)c1cc(CC)ccc1C(C)F. The fraction of sp³-hybridized carbons (Fsp3) is 0.448. The smallest absolute Gasteiger partial charge is 0.349 e. The van der Waals surface area contributed by atoms with Crippen molar-refractivity contribution in [2.24, 2.45) is 11.8 Å². The summed E-state index contributed by atoms with van der Waals surface area (Å²) in [6.45, 7) is 5.57. The minimum Gasteiger partial charge on any atom is -0.349 e. The van der Waals surface area contributed by atoms with E-state index in [9.17, 15) is 18.5 Å². The summed E-state index contributed by atoms with van der Waals surface area (Å²) in [5, 5.41) is 3.04. The van der Waals surface area contributed by atoms with Gasteiger partial charge in [-0.2, -0.15) is 0 Å². The summed E-state index contributed by atoms with van der Waals surface area (Å²) in [5.74, 6) is -0.659. The lowest BCUT2D eigenvalue weighted by molar-refractivity contribution is -0.177. The summed E-state index contributed by atoms with van der Waals surface area (Å²) in [4.78, 5) is 27.6. The van der Waals surface area contributed by atoms with Crippen molar-refractivity contribution in [1.82, 2.24) is 5.32 Å².